The highest BCUT2D eigenvalue weighted by Gasteiger charge is 2.15. The summed E-state index contributed by atoms with van der Waals surface area (Å²) in [6, 6.07) is 27.7. The highest BCUT2D eigenvalue weighted by molar-refractivity contribution is 5.83. The Hall–Kier alpha value is -2.87. The maximum Gasteiger partial charge on any atom is 0.145 e. The molecule has 136 valence electrons. The lowest BCUT2D eigenvalue weighted by molar-refractivity contribution is 0.378. The van der Waals surface area contributed by atoms with Crippen LogP contribution in [0, 0.1) is 5.41 Å². The SMILES string of the molecule is CC(C)(C)CCc1cccc(-c2nc3ccccc3n2-c2ccccc2)c1. The third-order valence-electron chi connectivity index (χ3n) is 4.92. The molecular formula is C25H26N2. The summed E-state index contributed by atoms with van der Waals surface area (Å²) in [6.07, 6.45) is 2.26. The number of aryl methyl sites for hydroxylation is 1. The Balaban J connectivity index is 1.83. The van der Waals surface area contributed by atoms with E-state index in [4.69, 9.17) is 4.98 Å². The van der Waals surface area contributed by atoms with E-state index in [0.29, 0.717) is 5.41 Å². The number of hydrogen-bond acceptors (Lipinski definition) is 1. The smallest absolute Gasteiger partial charge is 0.145 e. The third kappa shape index (κ3) is 3.80. The minimum absolute atomic E-state index is 0.340. The van der Waals surface area contributed by atoms with Gasteiger partial charge in [0, 0.05) is 11.3 Å². The largest absolute Gasteiger partial charge is 0.292 e. The monoisotopic (exact) mass is 354 g/mol. The first kappa shape index (κ1) is 17.5. The van der Waals surface area contributed by atoms with Gasteiger partial charge in [-0.05, 0) is 54.2 Å². The molecule has 0 unspecified atom stereocenters. The Kier molecular flexibility index (Phi) is 4.57. The number of aromatic nitrogens is 2. The summed E-state index contributed by atoms with van der Waals surface area (Å²) in [6.45, 7) is 6.89. The van der Waals surface area contributed by atoms with Crippen LogP contribution < -0.4 is 0 Å². The van der Waals surface area contributed by atoms with Crippen LogP contribution in [0.4, 0.5) is 0 Å². The summed E-state index contributed by atoms with van der Waals surface area (Å²) in [5.41, 5.74) is 6.18. The molecule has 1 aromatic heterocycles. The van der Waals surface area contributed by atoms with E-state index in [0.717, 1.165) is 29.0 Å². The highest BCUT2D eigenvalue weighted by Crippen LogP contribution is 2.30. The van der Waals surface area contributed by atoms with Crippen molar-refractivity contribution in [2.45, 2.75) is 33.6 Å². The number of imidazole rings is 1. The van der Waals surface area contributed by atoms with Crippen LogP contribution in [0.5, 0.6) is 0 Å². The van der Waals surface area contributed by atoms with Crippen molar-refractivity contribution in [2.24, 2.45) is 5.41 Å². The maximum atomic E-state index is 4.97. The minimum atomic E-state index is 0.340. The second kappa shape index (κ2) is 7.03. The lowest BCUT2D eigenvalue weighted by atomic mass is 9.88. The van der Waals surface area contributed by atoms with Gasteiger partial charge in [-0.3, -0.25) is 4.57 Å². The van der Waals surface area contributed by atoms with E-state index in [2.05, 4.69) is 98.1 Å². The second-order valence-electron chi connectivity index (χ2n) is 8.36. The summed E-state index contributed by atoms with van der Waals surface area (Å²) in [5.74, 6) is 1.00. The van der Waals surface area contributed by atoms with Crippen molar-refractivity contribution in [3.63, 3.8) is 0 Å². The molecule has 0 spiro atoms. The molecule has 0 saturated heterocycles. The van der Waals surface area contributed by atoms with Crippen molar-refractivity contribution in [1.82, 2.24) is 9.55 Å². The summed E-state index contributed by atoms with van der Waals surface area (Å²) < 4.78 is 2.26. The van der Waals surface area contributed by atoms with Crippen LogP contribution in [0.2, 0.25) is 0 Å². The molecule has 4 aromatic rings. The molecule has 27 heavy (non-hydrogen) atoms. The molecule has 0 amide bonds. The summed E-state index contributed by atoms with van der Waals surface area (Å²) in [5, 5.41) is 0. The number of hydrogen-bond donors (Lipinski definition) is 0. The molecule has 2 nitrogen and oxygen atoms in total. The van der Waals surface area contributed by atoms with E-state index < -0.39 is 0 Å². The zero-order valence-corrected chi connectivity index (χ0v) is 16.3. The molecular weight excluding hydrogens is 328 g/mol. The average molecular weight is 354 g/mol. The third-order valence-corrected chi connectivity index (χ3v) is 4.92. The number of rotatable bonds is 4. The van der Waals surface area contributed by atoms with Crippen molar-refractivity contribution < 1.29 is 0 Å². The fourth-order valence-electron chi connectivity index (χ4n) is 3.44. The van der Waals surface area contributed by atoms with Crippen molar-refractivity contribution in [1.29, 1.82) is 0 Å². The highest BCUT2D eigenvalue weighted by atomic mass is 15.1. The molecule has 0 N–H and O–H groups in total. The Morgan fingerprint density at radius 2 is 1.56 bits per heavy atom. The van der Waals surface area contributed by atoms with Crippen LogP contribution in [-0.4, -0.2) is 9.55 Å². The van der Waals surface area contributed by atoms with Crippen LogP contribution in [0.1, 0.15) is 32.8 Å². The fourth-order valence-corrected chi connectivity index (χ4v) is 3.44. The lowest BCUT2D eigenvalue weighted by Crippen LogP contribution is -2.06. The molecule has 0 aliphatic carbocycles. The van der Waals surface area contributed by atoms with E-state index in [9.17, 15) is 0 Å². The van der Waals surface area contributed by atoms with E-state index in [1.165, 1.54) is 17.5 Å². The zero-order chi connectivity index (χ0) is 18.9. The topological polar surface area (TPSA) is 17.8 Å². The van der Waals surface area contributed by atoms with Gasteiger partial charge in [-0.25, -0.2) is 4.98 Å². The van der Waals surface area contributed by atoms with Gasteiger partial charge >= 0.3 is 0 Å². The van der Waals surface area contributed by atoms with Crippen LogP contribution in [0.15, 0.2) is 78.9 Å². The quantitative estimate of drug-likeness (QED) is 0.400. The van der Waals surface area contributed by atoms with Crippen LogP contribution in [0.25, 0.3) is 28.1 Å². The van der Waals surface area contributed by atoms with Gasteiger partial charge in [0.25, 0.3) is 0 Å². The Labute approximate surface area is 161 Å². The van der Waals surface area contributed by atoms with Crippen LogP contribution in [-0.2, 0) is 6.42 Å². The fraction of sp³-hybridized carbons (Fsp3) is 0.240. The predicted molar refractivity (Wildman–Crippen MR) is 114 cm³/mol. The molecule has 0 radical (unpaired) electrons. The normalized spacial score (nSPS) is 11.8. The van der Waals surface area contributed by atoms with Crippen molar-refractivity contribution in [2.75, 3.05) is 0 Å². The van der Waals surface area contributed by atoms with E-state index in [1.807, 2.05) is 6.07 Å². The van der Waals surface area contributed by atoms with E-state index in [1.54, 1.807) is 0 Å². The first-order valence-electron chi connectivity index (χ1n) is 9.63. The molecule has 1 heterocycles. The van der Waals surface area contributed by atoms with Gasteiger partial charge in [0.15, 0.2) is 0 Å². The van der Waals surface area contributed by atoms with Gasteiger partial charge in [0.1, 0.15) is 5.82 Å². The van der Waals surface area contributed by atoms with Gasteiger partial charge in [0.05, 0.1) is 11.0 Å². The molecule has 0 atom stereocenters. The van der Waals surface area contributed by atoms with Gasteiger partial charge in [-0.15, -0.1) is 0 Å². The average Bonchev–Trinajstić information content (AvgIpc) is 3.06. The first-order valence-corrected chi connectivity index (χ1v) is 9.63. The van der Waals surface area contributed by atoms with Crippen molar-refractivity contribution in [3.05, 3.63) is 84.4 Å². The lowest BCUT2D eigenvalue weighted by Gasteiger charge is -2.18. The molecule has 0 aliphatic rings. The molecule has 4 rings (SSSR count). The summed E-state index contributed by atoms with van der Waals surface area (Å²) in [7, 11) is 0. The Bertz CT molecular complexity index is 1050. The van der Waals surface area contributed by atoms with Gasteiger partial charge in [-0.1, -0.05) is 69.3 Å². The van der Waals surface area contributed by atoms with Crippen molar-refractivity contribution >= 4 is 11.0 Å². The van der Waals surface area contributed by atoms with Crippen LogP contribution in [0.3, 0.4) is 0 Å². The van der Waals surface area contributed by atoms with E-state index >= 15 is 0 Å². The molecule has 0 bridgehead atoms. The summed E-state index contributed by atoms with van der Waals surface area (Å²) in [4.78, 5) is 4.97. The molecule has 3 aromatic carbocycles. The molecule has 2 heteroatoms. The number of benzene rings is 3. The van der Waals surface area contributed by atoms with Gasteiger partial charge < -0.3 is 0 Å². The summed E-state index contributed by atoms with van der Waals surface area (Å²) >= 11 is 0. The Morgan fingerprint density at radius 3 is 2.33 bits per heavy atom. The van der Waals surface area contributed by atoms with Gasteiger partial charge in [-0.2, -0.15) is 0 Å². The van der Waals surface area contributed by atoms with E-state index in [-0.39, 0.29) is 0 Å². The van der Waals surface area contributed by atoms with Crippen molar-refractivity contribution in [3.8, 4) is 17.1 Å². The maximum absolute atomic E-state index is 4.97. The molecule has 0 aliphatic heterocycles. The predicted octanol–water partition coefficient (Wildman–Crippen LogP) is 6.67. The Morgan fingerprint density at radius 1 is 0.815 bits per heavy atom. The van der Waals surface area contributed by atoms with Crippen LogP contribution >= 0.6 is 0 Å². The number of para-hydroxylation sites is 3. The minimum Gasteiger partial charge on any atom is -0.292 e. The second-order valence-corrected chi connectivity index (χ2v) is 8.36. The standard InChI is InChI=1S/C25H26N2/c1-25(2,3)17-16-19-10-9-11-20(18-19)24-26-22-14-7-8-15-23(22)27(24)21-12-5-4-6-13-21/h4-15,18H,16-17H2,1-3H3. The molecule has 0 fully saturated rings. The molecule has 0 saturated carbocycles. The number of fused-ring (bicyclic) bond motifs is 1. The first-order chi connectivity index (χ1) is 13.0. The zero-order valence-electron chi connectivity index (χ0n) is 16.3. The van der Waals surface area contributed by atoms with Gasteiger partial charge in [0.2, 0.25) is 0 Å². The number of nitrogens with zero attached hydrogens (tertiary/aromatic N) is 2.